The fraction of sp³-hybridized carbons (Fsp3) is 0.650. The third kappa shape index (κ3) is 3.84. The first kappa shape index (κ1) is 22.3. The molecule has 0 aliphatic carbocycles. The molecule has 10 heteroatoms. The summed E-state index contributed by atoms with van der Waals surface area (Å²) in [6, 6.07) is 0. The molecule has 0 spiro atoms. The van der Waals surface area contributed by atoms with Gasteiger partial charge in [0.15, 0.2) is 22.5 Å². The van der Waals surface area contributed by atoms with Gasteiger partial charge in [-0.15, -0.1) is 0 Å². The normalized spacial score (nSPS) is 21.0. The molecule has 30 heavy (non-hydrogen) atoms. The molecule has 164 valence electrons. The summed E-state index contributed by atoms with van der Waals surface area (Å²) in [6.07, 6.45) is 3.26. The van der Waals surface area contributed by atoms with E-state index < -0.39 is 5.54 Å². The smallest absolute Gasteiger partial charge is 0.333 e. The molecule has 1 saturated heterocycles. The predicted octanol–water partition coefficient (Wildman–Crippen LogP) is 2.25. The van der Waals surface area contributed by atoms with Crippen molar-refractivity contribution in [3.63, 3.8) is 0 Å². The van der Waals surface area contributed by atoms with Crippen LogP contribution in [0.5, 0.6) is 0 Å². The van der Waals surface area contributed by atoms with Gasteiger partial charge in [0.25, 0.3) is 0 Å². The van der Waals surface area contributed by atoms with E-state index in [1.54, 1.807) is 36.5 Å². The van der Waals surface area contributed by atoms with Gasteiger partial charge in [0, 0.05) is 24.8 Å². The van der Waals surface area contributed by atoms with Gasteiger partial charge in [0.05, 0.1) is 26.0 Å². The van der Waals surface area contributed by atoms with Crippen LogP contribution in [0.2, 0.25) is 0 Å². The van der Waals surface area contributed by atoms with Crippen LogP contribution in [0, 0.1) is 5.92 Å². The fourth-order valence-electron chi connectivity index (χ4n) is 3.98. The molecule has 3 rings (SSSR count). The van der Waals surface area contributed by atoms with Crippen molar-refractivity contribution in [3.05, 3.63) is 12.7 Å². The Morgan fingerprint density at radius 3 is 2.57 bits per heavy atom. The summed E-state index contributed by atoms with van der Waals surface area (Å²) in [7, 11) is 0. The molecular weight excluding hydrogens is 406 g/mol. The number of imidazole rings is 1. The predicted molar refractivity (Wildman–Crippen MR) is 116 cm³/mol. The molecule has 1 aliphatic heterocycles. The van der Waals surface area contributed by atoms with E-state index in [9.17, 15) is 9.59 Å². The van der Waals surface area contributed by atoms with Gasteiger partial charge in [-0.3, -0.25) is 9.36 Å². The van der Waals surface area contributed by atoms with Crippen molar-refractivity contribution < 1.29 is 19.1 Å². The lowest BCUT2D eigenvalue weighted by atomic mass is 9.84. The monoisotopic (exact) mass is 435 g/mol. The average molecular weight is 436 g/mol. The van der Waals surface area contributed by atoms with Gasteiger partial charge in [-0.25, -0.2) is 19.7 Å². The molecule has 2 atom stereocenters. The minimum absolute atomic E-state index is 0.132. The molecule has 2 aromatic heterocycles. The number of carbonyl (C=O) groups excluding carboxylic acids is 2. The zero-order valence-electron chi connectivity index (χ0n) is 18.0. The first-order valence-electron chi connectivity index (χ1n) is 10.4. The molecular formula is C20H29N5O4S. The Morgan fingerprint density at radius 2 is 1.90 bits per heavy atom. The van der Waals surface area contributed by atoms with E-state index in [0.29, 0.717) is 29.3 Å². The number of nitrogens with zero attached hydrogens (tertiary/aromatic N) is 5. The average Bonchev–Trinajstić information content (AvgIpc) is 3.34. The van der Waals surface area contributed by atoms with E-state index in [0.717, 1.165) is 18.9 Å². The van der Waals surface area contributed by atoms with Crippen molar-refractivity contribution in [1.29, 1.82) is 0 Å². The Kier molecular flexibility index (Phi) is 7.17. The number of aromatic nitrogens is 4. The maximum atomic E-state index is 13.3. The molecule has 9 nitrogen and oxygen atoms in total. The van der Waals surface area contributed by atoms with Crippen LogP contribution >= 0.6 is 11.8 Å². The van der Waals surface area contributed by atoms with Crippen molar-refractivity contribution in [1.82, 2.24) is 19.5 Å². The van der Waals surface area contributed by atoms with E-state index >= 15 is 0 Å². The summed E-state index contributed by atoms with van der Waals surface area (Å²) in [5, 5.41) is 0. The largest absolute Gasteiger partial charge is 0.466 e. The van der Waals surface area contributed by atoms with Gasteiger partial charge < -0.3 is 14.4 Å². The quantitative estimate of drug-likeness (QED) is 0.549. The van der Waals surface area contributed by atoms with Crippen LogP contribution in [0.25, 0.3) is 11.2 Å². The van der Waals surface area contributed by atoms with Gasteiger partial charge in [0.2, 0.25) is 0 Å². The number of hydrogen-bond donors (Lipinski definition) is 0. The van der Waals surface area contributed by atoms with Crippen molar-refractivity contribution >= 4 is 40.7 Å². The zero-order chi connectivity index (χ0) is 21.7. The highest BCUT2D eigenvalue weighted by atomic mass is 32.2. The highest BCUT2D eigenvalue weighted by Gasteiger charge is 2.54. The fourth-order valence-corrected chi connectivity index (χ4v) is 5.58. The Labute approximate surface area is 180 Å². The number of fused-ring (bicyclic) bond motifs is 1. The molecule has 0 radical (unpaired) electrons. The maximum Gasteiger partial charge on any atom is 0.333 e. The second kappa shape index (κ2) is 9.63. The lowest BCUT2D eigenvalue weighted by molar-refractivity contribution is -0.156. The molecule has 1 fully saturated rings. The van der Waals surface area contributed by atoms with Crippen molar-refractivity contribution in [3.8, 4) is 0 Å². The standard InChI is InChI=1S/C20H29N5O4S/c1-5-24(6-2)17-16-18(22-12-21-17)25(13-23-16)20(19(27)29-8-4)11-30-10-14(20)9-15(26)28-7-3/h12-14H,5-11H2,1-4H3/t14-,20-/m0/s1. The summed E-state index contributed by atoms with van der Waals surface area (Å²) in [4.78, 5) is 41.1. The number of anilines is 1. The Bertz CT molecular complexity index is 900. The first-order chi connectivity index (χ1) is 14.5. The number of ether oxygens (including phenoxy) is 2. The van der Waals surface area contributed by atoms with E-state index in [4.69, 9.17) is 9.47 Å². The van der Waals surface area contributed by atoms with Crippen LogP contribution in [-0.2, 0) is 24.6 Å². The van der Waals surface area contributed by atoms with Crippen LogP contribution in [0.3, 0.4) is 0 Å². The van der Waals surface area contributed by atoms with E-state index in [1.165, 1.54) is 6.33 Å². The number of esters is 2. The summed E-state index contributed by atoms with van der Waals surface area (Å²) in [6.45, 7) is 9.77. The number of thioether (sulfide) groups is 1. The molecule has 0 saturated carbocycles. The van der Waals surface area contributed by atoms with Gasteiger partial charge in [-0.1, -0.05) is 0 Å². The SMILES string of the molecule is CCOC(=O)C[C@H]1CSC[C@]1(C(=O)OCC)n1cnc2c(N(CC)CC)ncnc21. The topological polar surface area (TPSA) is 99.4 Å². The van der Waals surface area contributed by atoms with Gasteiger partial charge in [-0.05, 0) is 33.4 Å². The van der Waals surface area contributed by atoms with Crippen LogP contribution in [0.4, 0.5) is 5.82 Å². The van der Waals surface area contributed by atoms with Gasteiger partial charge in [0.1, 0.15) is 6.33 Å². The summed E-state index contributed by atoms with van der Waals surface area (Å²) >= 11 is 1.62. The van der Waals surface area contributed by atoms with Crippen LogP contribution in [0.15, 0.2) is 12.7 Å². The maximum absolute atomic E-state index is 13.3. The highest BCUT2D eigenvalue weighted by Crippen LogP contribution is 2.44. The number of hydrogen-bond acceptors (Lipinski definition) is 9. The zero-order valence-corrected chi connectivity index (χ0v) is 18.8. The lowest BCUT2D eigenvalue weighted by Crippen LogP contribution is -2.49. The molecule has 0 amide bonds. The van der Waals surface area contributed by atoms with Gasteiger partial charge in [-0.2, -0.15) is 11.8 Å². The summed E-state index contributed by atoms with van der Waals surface area (Å²) in [5.74, 6) is 0.880. The molecule has 3 heterocycles. The molecule has 0 bridgehead atoms. The number of carbonyl (C=O) groups is 2. The Morgan fingerprint density at radius 1 is 1.17 bits per heavy atom. The first-order valence-corrected chi connectivity index (χ1v) is 11.5. The number of rotatable bonds is 9. The molecule has 0 aromatic carbocycles. The molecule has 0 unspecified atom stereocenters. The van der Waals surface area contributed by atoms with Crippen LogP contribution in [-0.4, -0.2) is 69.3 Å². The molecule has 2 aromatic rings. The van der Waals surface area contributed by atoms with E-state index in [1.807, 2.05) is 0 Å². The van der Waals surface area contributed by atoms with Crippen molar-refractivity contribution in [2.24, 2.45) is 5.92 Å². The molecule has 1 aliphatic rings. The minimum atomic E-state index is -1.07. The van der Waals surface area contributed by atoms with Crippen LogP contribution < -0.4 is 4.90 Å². The highest BCUT2D eigenvalue weighted by molar-refractivity contribution is 7.99. The van der Waals surface area contributed by atoms with Crippen LogP contribution in [0.1, 0.15) is 34.1 Å². The van der Waals surface area contributed by atoms with Crippen molar-refractivity contribution in [2.75, 3.05) is 42.7 Å². The van der Waals surface area contributed by atoms with E-state index in [2.05, 4.69) is 33.7 Å². The lowest BCUT2D eigenvalue weighted by Gasteiger charge is -2.33. The second-order valence-corrected chi connectivity index (χ2v) is 8.05. The second-order valence-electron chi connectivity index (χ2n) is 7.02. The summed E-state index contributed by atoms with van der Waals surface area (Å²) < 4.78 is 12.4. The Hall–Kier alpha value is -2.36. The van der Waals surface area contributed by atoms with Crippen molar-refractivity contribution in [2.45, 2.75) is 39.7 Å². The third-order valence-corrected chi connectivity index (χ3v) is 6.75. The minimum Gasteiger partial charge on any atom is -0.466 e. The Balaban J connectivity index is 2.13. The van der Waals surface area contributed by atoms with Gasteiger partial charge >= 0.3 is 11.9 Å². The third-order valence-electron chi connectivity index (χ3n) is 5.47. The van der Waals surface area contributed by atoms with E-state index in [-0.39, 0.29) is 30.9 Å². The molecule has 0 N–H and O–H groups in total. The summed E-state index contributed by atoms with van der Waals surface area (Å²) in [5.41, 5.74) is 0.129.